The summed E-state index contributed by atoms with van der Waals surface area (Å²) in [5, 5.41) is 6.25. The number of hydrogen-bond donors (Lipinski definition) is 2. The molecule has 0 saturated heterocycles. The molecular formula is C16H26N2O. The van der Waals surface area contributed by atoms with Crippen LogP contribution in [0.5, 0.6) is 0 Å². The van der Waals surface area contributed by atoms with Crippen molar-refractivity contribution in [2.24, 2.45) is 5.92 Å². The maximum absolute atomic E-state index is 11.6. The van der Waals surface area contributed by atoms with Crippen molar-refractivity contribution in [3.63, 3.8) is 0 Å². The first-order valence-electron chi connectivity index (χ1n) is 7.20. The predicted octanol–water partition coefficient (Wildman–Crippen LogP) is 2.37. The van der Waals surface area contributed by atoms with Gasteiger partial charge in [-0.15, -0.1) is 0 Å². The number of rotatable bonds is 9. The van der Waals surface area contributed by atoms with Crippen molar-refractivity contribution in [1.82, 2.24) is 10.6 Å². The van der Waals surface area contributed by atoms with Crippen molar-refractivity contribution in [3.05, 3.63) is 35.9 Å². The van der Waals surface area contributed by atoms with Crippen LogP contribution in [0.2, 0.25) is 0 Å². The molecule has 0 atom stereocenters. The first-order chi connectivity index (χ1) is 9.18. The van der Waals surface area contributed by atoms with Crippen LogP contribution in [0.25, 0.3) is 0 Å². The standard InChI is InChI=1S/C16H26N2O/c1-14(2)8-11-17-12-10-16(19)18-13-9-15-6-4-3-5-7-15/h3-7,14,17H,8-13H2,1-2H3,(H,18,19). The molecule has 2 N–H and O–H groups in total. The Morgan fingerprint density at radius 1 is 1.11 bits per heavy atom. The average Bonchev–Trinajstić information content (AvgIpc) is 2.39. The van der Waals surface area contributed by atoms with Crippen molar-refractivity contribution < 1.29 is 4.79 Å². The van der Waals surface area contributed by atoms with E-state index in [1.54, 1.807) is 0 Å². The van der Waals surface area contributed by atoms with Gasteiger partial charge in [0.1, 0.15) is 0 Å². The predicted molar refractivity (Wildman–Crippen MR) is 80.1 cm³/mol. The Kier molecular flexibility index (Phi) is 7.91. The highest BCUT2D eigenvalue weighted by molar-refractivity contribution is 5.76. The summed E-state index contributed by atoms with van der Waals surface area (Å²) >= 11 is 0. The number of carbonyl (C=O) groups is 1. The Morgan fingerprint density at radius 3 is 2.53 bits per heavy atom. The molecule has 3 nitrogen and oxygen atoms in total. The quantitative estimate of drug-likeness (QED) is 0.671. The zero-order chi connectivity index (χ0) is 13.9. The smallest absolute Gasteiger partial charge is 0.221 e. The second kappa shape index (κ2) is 9.56. The fraction of sp³-hybridized carbons (Fsp3) is 0.562. The number of amides is 1. The van der Waals surface area contributed by atoms with Crippen molar-refractivity contribution in [1.29, 1.82) is 0 Å². The summed E-state index contributed by atoms with van der Waals surface area (Å²) in [6, 6.07) is 10.2. The number of carbonyl (C=O) groups excluding carboxylic acids is 1. The number of benzene rings is 1. The van der Waals surface area contributed by atoms with Gasteiger partial charge in [-0.2, -0.15) is 0 Å². The topological polar surface area (TPSA) is 41.1 Å². The van der Waals surface area contributed by atoms with Crippen LogP contribution < -0.4 is 10.6 Å². The van der Waals surface area contributed by atoms with Crippen LogP contribution in [0.15, 0.2) is 30.3 Å². The monoisotopic (exact) mass is 262 g/mol. The summed E-state index contributed by atoms with van der Waals surface area (Å²) in [4.78, 5) is 11.6. The lowest BCUT2D eigenvalue weighted by molar-refractivity contribution is -0.120. The summed E-state index contributed by atoms with van der Waals surface area (Å²) in [5.41, 5.74) is 1.26. The lowest BCUT2D eigenvalue weighted by Gasteiger charge is -2.08. The van der Waals surface area contributed by atoms with Crippen LogP contribution >= 0.6 is 0 Å². The van der Waals surface area contributed by atoms with Crippen LogP contribution in [0.3, 0.4) is 0 Å². The van der Waals surface area contributed by atoms with E-state index in [2.05, 4.69) is 36.6 Å². The molecule has 1 aromatic carbocycles. The molecule has 0 radical (unpaired) electrons. The third-order valence-electron chi connectivity index (χ3n) is 3.01. The molecule has 0 saturated carbocycles. The Labute approximate surface area is 116 Å². The van der Waals surface area contributed by atoms with E-state index in [9.17, 15) is 4.79 Å². The Bertz CT molecular complexity index is 349. The largest absolute Gasteiger partial charge is 0.356 e. The van der Waals surface area contributed by atoms with Gasteiger partial charge in [0.2, 0.25) is 5.91 Å². The molecule has 0 aliphatic heterocycles. The normalized spacial score (nSPS) is 10.7. The van der Waals surface area contributed by atoms with Crippen molar-refractivity contribution in [2.75, 3.05) is 19.6 Å². The first-order valence-corrected chi connectivity index (χ1v) is 7.20. The van der Waals surface area contributed by atoms with Gasteiger partial charge in [-0.3, -0.25) is 4.79 Å². The lowest BCUT2D eigenvalue weighted by Crippen LogP contribution is -2.29. The molecule has 0 unspecified atom stereocenters. The lowest BCUT2D eigenvalue weighted by atomic mass is 10.1. The first kappa shape index (κ1) is 15.7. The van der Waals surface area contributed by atoms with E-state index in [0.717, 1.165) is 32.5 Å². The second-order valence-electron chi connectivity index (χ2n) is 5.27. The molecule has 106 valence electrons. The van der Waals surface area contributed by atoms with Crippen molar-refractivity contribution in [3.8, 4) is 0 Å². The van der Waals surface area contributed by atoms with Gasteiger partial charge in [0.25, 0.3) is 0 Å². The number of hydrogen-bond acceptors (Lipinski definition) is 2. The third kappa shape index (κ3) is 8.38. The van der Waals surface area contributed by atoms with Crippen molar-refractivity contribution >= 4 is 5.91 Å². The molecule has 0 aromatic heterocycles. The fourth-order valence-corrected chi connectivity index (χ4v) is 1.80. The van der Waals surface area contributed by atoms with E-state index in [1.165, 1.54) is 5.56 Å². The average molecular weight is 262 g/mol. The minimum atomic E-state index is 0.132. The molecule has 3 heteroatoms. The summed E-state index contributed by atoms with van der Waals surface area (Å²) < 4.78 is 0. The Hall–Kier alpha value is -1.35. The summed E-state index contributed by atoms with van der Waals surface area (Å²) in [7, 11) is 0. The van der Waals surface area contributed by atoms with Crippen LogP contribution in [-0.2, 0) is 11.2 Å². The molecule has 0 aliphatic carbocycles. The molecule has 0 aliphatic rings. The third-order valence-corrected chi connectivity index (χ3v) is 3.01. The van der Waals surface area contributed by atoms with Gasteiger partial charge in [-0.1, -0.05) is 44.2 Å². The van der Waals surface area contributed by atoms with E-state index < -0.39 is 0 Å². The van der Waals surface area contributed by atoms with E-state index in [1.807, 2.05) is 18.2 Å². The zero-order valence-electron chi connectivity index (χ0n) is 12.1. The van der Waals surface area contributed by atoms with Gasteiger partial charge in [-0.25, -0.2) is 0 Å². The Balaban J connectivity index is 1.99. The SMILES string of the molecule is CC(C)CCNCCC(=O)NCCc1ccccc1. The van der Waals surface area contributed by atoms with Crippen LogP contribution in [0, 0.1) is 5.92 Å². The van der Waals surface area contributed by atoms with Crippen LogP contribution in [-0.4, -0.2) is 25.5 Å². The maximum atomic E-state index is 11.6. The van der Waals surface area contributed by atoms with E-state index in [-0.39, 0.29) is 5.91 Å². The minimum Gasteiger partial charge on any atom is -0.356 e. The van der Waals surface area contributed by atoms with Gasteiger partial charge < -0.3 is 10.6 Å². The fourth-order valence-electron chi connectivity index (χ4n) is 1.80. The van der Waals surface area contributed by atoms with Crippen molar-refractivity contribution in [2.45, 2.75) is 33.1 Å². The molecule has 0 bridgehead atoms. The second-order valence-corrected chi connectivity index (χ2v) is 5.27. The molecule has 0 heterocycles. The molecule has 1 amide bonds. The maximum Gasteiger partial charge on any atom is 0.221 e. The van der Waals surface area contributed by atoms with Crippen LogP contribution in [0.1, 0.15) is 32.3 Å². The minimum absolute atomic E-state index is 0.132. The van der Waals surface area contributed by atoms with Crippen LogP contribution in [0.4, 0.5) is 0 Å². The summed E-state index contributed by atoms with van der Waals surface area (Å²) in [6.07, 6.45) is 2.62. The van der Waals surface area contributed by atoms with Gasteiger partial charge >= 0.3 is 0 Å². The summed E-state index contributed by atoms with van der Waals surface area (Å²) in [6.45, 7) is 6.89. The van der Waals surface area contributed by atoms with Gasteiger partial charge in [0, 0.05) is 19.5 Å². The Morgan fingerprint density at radius 2 is 1.84 bits per heavy atom. The highest BCUT2D eigenvalue weighted by atomic mass is 16.1. The number of nitrogens with one attached hydrogen (secondary N) is 2. The molecular weight excluding hydrogens is 236 g/mol. The van der Waals surface area contributed by atoms with E-state index in [0.29, 0.717) is 12.3 Å². The summed E-state index contributed by atoms with van der Waals surface area (Å²) in [5.74, 6) is 0.847. The highest BCUT2D eigenvalue weighted by Gasteiger charge is 2.00. The van der Waals surface area contributed by atoms with Gasteiger partial charge in [0.05, 0.1) is 0 Å². The molecule has 1 aromatic rings. The molecule has 0 fully saturated rings. The molecule has 0 spiro atoms. The van der Waals surface area contributed by atoms with E-state index >= 15 is 0 Å². The molecule has 19 heavy (non-hydrogen) atoms. The highest BCUT2D eigenvalue weighted by Crippen LogP contribution is 1.98. The van der Waals surface area contributed by atoms with Gasteiger partial charge in [-0.05, 0) is 30.9 Å². The zero-order valence-corrected chi connectivity index (χ0v) is 12.1. The van der Waals surface area contributed by atoms with E-state index in [4.69, 9.17) is 0 Å². The van der Waals surface area contributed by atoms with Gasteiger partial charge in [0.15, 0.2) is 0 Å². The molecule has 1 rings (SSSR count).